The lowest BCUT2D eigenvalue weighted by atomic mass is 9.92. The van der Waals surface area contributed by atoms with Crippen LogP contribution in [0.5, 0.6) is 0 Å². The molecule has 2 aliphatic rings. The highest BCUT2D eigenvalue weighted by atomic mass is 32.2. The summed E-state index contributed by atoms with van der Waals surface area (Å²) in [5.74, 6) is -0.531. The lowest BCUT2D eigenvalue weighted by Crippen LogP contribution is -2.42. The number of nitrogens with one attached hydrogen (secondary N) is 1. The van der Waals surface area contributed by atoms with Gasteiger partial charge in [-0.3, -0.25) is 9.69 Å². The molecule has 8 nitrogen and oxygen atoms in total. The fraction of sp³-hybridized carbons (Fsp3) is 0.529. The van der Waals surface area contributed by atoms with Gasteiger partial charge in [-0.2, -0.15) is 0 Å². The van der Waals surface area contributed by atoms with Gasteiger partial charge in [0.25, 0.3) is 5.91 Å². The van der Waals surface area contributed by atoms with Gasteiger partial charge in [-0.25, -0.2) is 21.6 Å². The molecule has 3 amide bonds. The van der Waals surface area contributed by atoms with E-state index in [0.29, 0.717) is 18.4 Å². The van der Waals surface area contributed by atoms with E-state index in [1.54, 1.807) is 6.92 Å². The summed E-state index contributed by atoms with van der Waals surface area (Å²) in [7, 11) is -6.59. The summed E-state index contributed by atoms with van der Waals surface area (Å²) in [4.78, 5) is 26.6. The third-order valence-corrected chi connectivity index (χ3v) is 7.42. The van der Waals surface area contributed by atoms with Crippen LogP contribution >= 0.6 is 0 Å². The Hall–Kier alpha value is -1.94. The Bertz CT molecular complexity index is 1010. The van der Waals surface area contributed by atoms with Crippen LogP contribution in [0.3, 0.4) is 0 Å². The minimum absolute atomic E-state index is 0.0573. The molecule has 0 bridgehead atoms. The minimum atomic E-state index is -3.37. The topological polar surface area (TPSA) is 118 Å². The number of sulfone groups is 2. The molecule has 3 rings (SSSR count). The second-order valence-corrected chi connectivity index (χ2v) is 12.0. The molecular formula is C17H22N2O6S2. The van der Waals surface area contributed by atoms with Gasteiger partial charge < -0.3 is 5.32 Å². The van der Waals surface area contributed by atoms with Crippen LogP contribution in [0.1, 0.15) is 25.3 Å². The maximum atomic E-state index is 13.0. The Morgan fingerprint density at radius 2 is 1.59 bits per heavy atom. The molecule has 1 saturated heterocycles. The Balaban J connectivity index is 1.85. The summed E-state index contributed by atoms with van der Waals surface area (Å²) >= 11 is 0. The van der Waals surface area contributed by atoms with E-state index in [4.69, 9.17) is 0 Å². The number of hydrogen-bond donors (Lipinski definition) is 1. The zero-order valence-corrected chi connectivity index (χ0v) is 17.0. The van der Waals surface area contributed by atoms with E-state index in [2.05, 4.69) is 5.32 Å². The van der Waals surface area contributed by atoms with E-state index in [-0.39, 0.29) is 17.2 Å². The Kier molecular flexibility index (Phi) is 4.43. The number of imide groups is 1. The zero-order chi connectivity index (χ0) is 20.3. The number of carbonyl (C=O) groups is 2. The molecule has 1 atom stereocenters. The standard InChI is InChI=1S/C17H22N2O6S2/c1-16(12-4-6-13(7-5-12)27(3,24)25)14(20)19(15(21)18-16)10-17(8-9-17)11-26(2,22)23/h4-7H,8-11H2,1-3H3,(H,18,21). The molecule has 27 heavy (non-hydrogen) atoms. The van der Waals surface area contributed by atoms with Gasteiger partial charge >= 0.3 is 6.03 Å². The predicted octanol–water partition coefficient (Wildman–Crippen LogP) is 0.682. The number of carbonyl (C=O) groups excluding carboxylic acids is 2. The summed E-state index contributed by atoms with van der Waals surface area (Å²) in [5, 5.41) is 2.66. The molecule has 1 N–H and O–H groups in total. The molecule has 148 valence electrons. The van der Waals surface area contributed by atoms with Gasteiger partial charge in [0.15, 0.2) is 9.84 Å². The van der Waals surface area contributed by atoms with Gasteiger partial charge in [0.1, 0.15) is 15.4 Å². The number of urea groups is 1. The van der Waals surface area contributed by atoms with Gasteiger partial charge in [0, 0.05) is 24.5 Å². The normalized spacial score (nSPS) is 24.8. The van der Waals surface area contributed by atoms with Crippen molar-refractivity contribution in [3.05, 3.63) is 29.8 Å². The van der Waals surface area contributed by atoms with Gasteiger partial charge in [0.2, 0.25) is 0 Å². The van der Waals surface area contributed by atoms with Crippen LogP contribution < -0.4 is 5.32 Å². The molecule has 2 fully saturated rings. The van der Waals surface area contributed by atoms with Crippen molar-refractivity contribution in [1.29, 1.82) is 0 Å². The molecule has 10 heteroatoms. The van der Waals surface area contributed by atoms with E-state index >= 15 is 0 Å². The number of benzene rings is 1. The van der Waals surface area contributed by atoms with Gasteiger partial charge in [-0.15, -0.1) is 0 Å². The SMILES string of the molecule is CC1(c2ccc(S(C)(=O)=O)cc2)NC(=O)N(CC2(CS(C)(=O)=O)CC2)C1=O. The highest BCUT2D eigenvalue weighted by molar-refractivity contribution is 7.91. The lowest BCUT2D eigenvalue weighted by molar-refractivity contribution is -0.131. The van der Waals surface area contributed by atoms with E-state index in [1.165, 1.54) is 24.3 Å². The lowest BCUT2D eigenvalue weighted by Gasteiger charge is -2.24. The fourth-order valence-electron chi connectivity index (χ4n) is 3.49. The van der Waals surface area contributed by atoms with Crippen molar-refractivity contribution in [2.45, 2.75) is 30.2 Å². The number of rotatable bonds is 6. The Labute approximate surface area is 158 Å². The summed E-state index contributed by atoms with van der Waals surface area (Å²) in [6.07, 6.45) is 3.53. The smallest absolute Gasteiger partial charge is 0.319 e. The number of nitrogens with zero attached hydrogens (tertiary/aromatic N) is 1. The second kappa shape index (κ2) is 6.03. The third kappa shape index (κ3) is 3.86. The fourth-order valence-corrected chi connectivity index (χ4v) is 5.61. The van der Waals surface area contributed by atoms with Crippen LogP contribution in [0.4, 0.5) is 4.79 Å². The van der Waals surface area contributed by atoms with Gasteiger partial charge in [-0.1, -0.05) is 12.1 Å². The van der Waals surface area contributed by atoms with Crippen molar-refractivity contribution in [3.63, 3.8) is 0 Å². The minimum Gasteiger partial charge on any atom is -0.319 e. The van der Waals surface area contributed by atoms with Crippen LogP contribution in [0.2, 0.25) is 0 Å². The van der Waals surface area contributed by atoms with Crippen molar-refractivity contribution in [2.24, 2.45) is 5.41 Å². The highest BCUT2D eigenvalue weighted by Gasteiger charge is 2.54. The van der Waals surface area contributed by atoms with Crippen molar-refractivity contribution in [1.82, 2.24) is 10.2 Å². The summed E-state index contributed by atoms with van der Waals surface area (Å²) in [6.45, 7) is 1.61. The van der Waals surface area contributed by atoms with E-state index in [1.807, 2.05) is 0 Å². The monoisotopic (exact) mass is 414 g/mol. The van der Waals surface area contributed by atoms with Crippen LogP contribution in [0.15, 0.2) is 29.2 Å². The molecule has 1 aliphatic carbocycles. The Morgan fingerprint density at radius 3 is 2.04 bits per heavy atom. The summed E-state index contributed by atoms with van der Waals surface area (Å²) in [5.41, 5.74) is -1.43. The second-order valence-electron chi connectivity index (χ2n) is 7.81. The van der Waals surface area contributed by atoms with Crippen molar-refractivity contribution >= 4 is 31.6 Å². The summed E-state index contributed by atoms with van der Waals surface area (Å²) in [6, 6.07) is 5.21. The van der Waals surface area contributed by atoms with E-state index in [9.17, 15) is 26.4 Å². The number of amides is 3. The first-order valence-corrected chi connectivity index (χ1v) is 12.3. The van der Waals surface area contributed by atoms with Crippen LogP contribution in [0, 0.1) is 5.41 Å². The van der Waals surface area contributed by atoms with Crippen molar-refractivity contribution < 1.29 is 26.4 Å². The largest absolute Gasteiger partial charge is 0.325 e. The highest BCUT2D eigenvalue weighted by Crippen LogP contribution is 2.48. The molecule has 1 unspecified atom stereocenters. The zero-order valence-electron chi connectivity index (χ0n) is 15.4. The molecule has 0 spiro atoms. The molecule has 0 radical (unpaired) electrons. The van der Waals surface area contributed by atoms with Crippen LogP contribution in [-0.2, 0) is 30.0 Å². The molecular weight excluding hydrogens is 392 g/mol. The molecule has 1 aromatic rings. The first-order valence-electron chi connectivity index (χ1n) is 8.38. The quantitative estimate of drug-likeness (QED) is 0.684. The molecule has 0 aromatic heterocycles. The van der Waals surface area contributed by atoms with Crippen molar-refractivity contribution in [3.8, 4) is 0 Å². The average molecular weight is 415 g/mol. The first-order chi connectivity index (χ1) is 12.3. The van der Waals surface area contributed by atoms with E-state index in [0.717, 1.165) is 17.4 Å². The van der Waals surface area contributed by atoms with Gasteiger partial charge in [-0.05, 0) is 37.5 Å². The molecule has 1 aliphatic heterocycles. The summed E-state index contributed by atoms with van der Waals surface area (Å²) < 4.78 is 46.5. The predicted molar refractivity (Wildman–Crippen MR) is 98.5 cm³/mol. The van der Waals surface area contributed by atoms with E-state index < -0.39 is 42.6 Å². The van der Waals surface area contributed by atoms with Crippen molar-refractivity contribution in [2.75, 3.05) is 24.8 Å². The molecule has 1 heterocycles. The molecule has 1 aromatic carbocycles. The maximum absolute atomic E-state index is 13.0. The third-order valence-electron chi connectivity index (χ3n) is 5.15. The maximum Gasteiger partial charge on any atom is 0.325 e. The first kappa shape index (κ1) is 19.8. The van der Waals surface area contributed by atoms with Gasteiger partial charge in [0.05, 0.1) is 10.6 Å². The number of hydrogen-bond acceptors (Lipinski definition) is 6. The average Bonchev–Trinajstić information content (AvgIpc) is 3.23. The molecule has 1 saturated carbocycles. The van der Waals surface area contributed by atoms with Crippen LogP contribution in [0.25, 0.3) is 0 Å². The van der Waals surface area contributed by atoms with Crippen LogP contribution in [-0.4, -0.2) is 58.5 Å². The Morgan fingerprint density at radius 1 is 1.04 bits per heavy atom.